The molecule has 0 atom stereocenters. The van der Waals surface area contributed by atoms with Crippen LogP contribution in [0.3, 0.4) is 0 Å². The van der Waals surface area contributed by atoms with Gasteiger partial charge in [0.1, 0.15) is 0 Å². The van der Waals surface area contributed by atoms with Gasteiger partial charge in [-0.05, 0) is 53.7 Å². The summed E-state index contributed by atoms with van der Waals surface area (Å²) in [7, 11) is 1.36. The molecular formula is C28H33N3O4S2. The van der Waals surface area contributed by atoms with Crippen molar-refractivity contribution in [2.24, 2.45) is 0 Å². The number of fused-ring (bicyclic) bond motifs is 1. The molecule has 37 heavy (non-hydrogen) atoms. The Morgan fingerprint density at radius 3 is 2.41 bits per heavy atom. The van der Waals surface area contributed by atoms with Crippen LogP contribution in [0, 0.1) is 10.1 Å². The highest BCUT2D eigenvalue weighted by Crippen LogP contribution is 2.47. The molecule has 0 unspecified atom stereocenters. The molecule has 1 aliphatic carbocycles. The summed E-state index contributed by atoms with van der Waals surface area (Å²) in [5.74, 6) is 0.150. The van der Waals surface area contributed by atoms with Crippen molar-refractivity contribution in [3.8, 4) is 17.0 Å². The zero-order valence-corrected chi connectivity index (χ0v) is 23.6. The number of nitro groups is 1. The Morgan fingerprint density at radius 2 is 1.76 bits per heavy atom. The van der Waals surface area contributed by atoms with E-state index in [0.29, 0.717) is 19.0 Å². The van der Waals surface area contributed by atoms with E-state index >= 15 is 0 Å². The van der Waals surface area contributed by atoms with Gasteiger partial charge in [-0.1, -0.05) is 51.2 Å². The average Bonchev–Trinajstić information content (AvgIpc) is 3.54. The topological polar surface area (TPSA) is 85.6 Å². The van der Waals surface area contributed by atoms with E-state index in [-0.39, 0.29) is 33.1 Å². The van der Waals surface area contributed by atoms with Gasteiger partial charge in [0, 0.05) is 35.3 Å². The lowest BCUT2D eigenvalue weighted by atomic mass is 9.63. The molecule has 9 heteroatoms. The molecule has 2 aromatic heterocycles. The number of thiazole rings is 1. The first kappa shape index (κ1) is 25.9. The SMILES string of the molecule is COc1c(C(=O)N2CCC(c3nc(-c4ccc5c(c4)C(C)(C)CCC5(C)C)cs3)CC2)csc1[N+](=O)[O-]. The number of carbonyl (C=O) groups excluding carboxylic acids is 1. The molecule has 3 aromatic rings. The highest BCUT2D eigenvalue weighted by molar-refractivity contribution is 7.14. The maximum Gasteiger partial charge on any atom is 0.366 e. The zero-order chi connectivity index (χ0) is 26.5. The van der Waals surface area contributed by atoms with Crippen LogP contribution in [0.4, 0.5) is 5.00 Å². The molecule has 5 rings (SSSR count). The molecule has 1 fully saturated rings. The Hall–Kier alpha value is -2.78. The first-order valence-corrected chi connectivity index (χ1v) is 14.5. The van der Waals surface area contributed by atoms with Gasteiger partial charge >= 0.3 is 5.00 Å². The Labute approximate surface area is 225 Å². The fourth-order valence-electron chi connectivity index (χ4n) is 5.66. The number of piperidine rings is 1. The first-order valence-electron chi connectivity index (χ1n) is 12.7. The third kappa shape index (κ3) is 4.68. The Kier molecular flexibility index (Phi) is 6.64. The molecule has 1 amide bonds. The summed E-state index contributed by atoms with van der Waals surface area (Å²) >= 11 is 2.63. The molecule has 3 heterocycles. The predicted molar refractivity (Wildman–Crippen MR) is 148 cm³/mol. The summed E-state index contributed by atoms with van der Waals surface area (Å²) in [6.45, 7) is 10.6. The van der Waals surface area contributed by atoms with Crippen LogP contribution in [0.5, 0.6) is 5.75 Å². The van der Waals surface area contributed by atoms with Crippen molar-refractivity contribution in [1.82, 2.24) is 9.88 Å². The van der Waals surface area contributed by atoms with Gasteiger partial charge in [-0.25, -0.2) is 4.98 Å². The molecule has 196 valence electrons. The predicted octanol–water partition coefficient (Wildman–Crippen LogP) is 7.16. The van der Waals surface area contributed by atoms with Crippen LogP contribution in [0.25, 0.3) is 11.3 Å². The summed E-state index contributed by atoms with van der Waals surface area (Å²) in [5.41, 5.74) is 5.71. The molecular weight excluding hydrogens is 506 g/mol. The number of hydrogen-bond donors (Lipinski definition) is 0. The van der Waals surface area contributed by atoms with Crippen LogP contribution in [0.2, 0.25) is 0 Å². The number of thiophene rings is 1. The van der Waals surface area contributed by atoms with Gasteiger partial charge in [0.05, 0.1) is 28.3 Å². The number of carbonyl (C=O) groups is 1. The molecule has 2 aliphatic rings. The summed E-state index contributed by atoms with van der Waals surface area (Å²) in [4.78, 5) is 30.6. The number of ether oxygens (including phenoxy) is 1. The molecule has 1 saturated heterocycles. The lowest BCUT2D eigenvalue weighted by Gasteiger charge is -2.42. The number of amides is 1. The van der Waals surface area contributed by atoms with E-state index in [1.165, 1.54) is 42.0 Å². The number of rotatable bonds is 5. The molecule has 7 nitrogen and oxygen atoms in total. The van der Waals surface area contributed by atoms with Crippen LogP contribution >= 0.6 is 22.7 Å². The third-order valence-electron chi connectivity index (χ3n) is 8.13. The molecule has 1 aliphatic heterocycles. The third-order valence-corrected chi connectivity index (χ3v) is 10.0. The van der Waals surface area contributed by atoms with E-state index in [2.05, 4.69) is 51.3 Å². The van der Waals surface area contributed by atoms with Crippen LogP contribution in [0.15, 0.2) is 29.0 Å². The maximum absolute atomic E-state index is 13.1. The van der Waals surface area contributed by atoms with Gasteiger partial charge in [-0.15, -0.1) is 11.3 Å². The molecule has 0 bridgehead atoms. The van der Waals surface area contributed by atoms with Crippen LogP contribution in [0.1, 0.15) is 85.8 Å². The van der Waals surface area contributed by atoms with E-state index in [9.17, 15) is 14.9 Å². The number of aromatic nitrogens is 1. The molecule has 0 spiro atoms. The zero-order valence-electron chi connectivity index (χ0n) is 22.0. The fraction of sp³-hybridized carbons (Fsp3) is 0.500. The monoisotopic (exact) mass is 539 g/mol. The standard InChI is InChI=1S/C28H33N3O4S2/c1-27(2)10-11-28(3,4)21-14-18(6-7-20(21)27)22-16-36-24(29-22)17-8-12-30(13-9-17)25(32)19-15-37-26(31(33)34)23(19)35-5/h6-7,14-17H,8-13H2,1-5H3. The van der Waals surface area contributed by atoms with Crippen molar-refractivity contribution in [2.75, 3.05) is 20.2 Å². The Bertz CT molecular complexity index is 1350. The van der Waals surface area contributed by atoms with Gasteiger partial charge in [0.2, 0.25) is 5.75 Å². The molecule has 1 aromatic carbocycles. The largest absolute Gasteiger partial charge is 0.489 e. The smallest absolute Gasteiger partial charge is 0.366 e. The summed E-state index contributed by atoms with van der Waals surface area (Å²) in [6, 6.07) is 6.87. The van der Waals surface area contributed by atoms with Crippen molar-refractivity contribution < 1.29 is 14.5 Å². The van der Waals surface area contributed by atoms with Gasteiger partial charge in [-0.2, -0.15) is 0 Å². The van der Waals surface area contributed by atoms with E-state index in [4.69, 9.17) is 9.72 Å². The lowest BCUT2D eigenvalue weighted by molar-refractivity contribution is -0.381. The van der Waals surface area contributed by atoms with E-state index in [0.717, 1.165) is 34.9 Å². The minimum absolute atomic E-state index is 0.0586. The minimum Gasteiger partial charge on any atom is -0.489 e. The quantitative estimate of drug-likeness (QED) is 0.254. The maximum atomic E-state index is 13.1. The second kappa shape index (κ2) is 9.51. The number of hydrogen-bond acceptors (Lipinski definition) is 7. The van der Waals surface area contributed by atoms with Crippen molar-refractivity contribution in [2.45, 2.75) is 70.1 Å². The second-order valence-electron chi connectivity index (χ2n) is 11.4. The van der Waals surface area contributed by atoms with Crippen molar-refractivity contribution in [3.05, 3.63) is 60.8 Å². The van der Waals surface area contributed by atoms with E-state index in [1.807, 2.05) is 0 Å². The number of methoxy groups -OCH3 is 1. The fourth-order valence-corrected chi connectivity index (χ4v) is 7.49. The summed E-state index contributed by atoms with van der Waals surface area (Å²) in [5, 5.41) is 15.9. The number of nitrogens with zero attached hydrogens (tertiary/aromatic N) is 3. The van der Waals surface area contributed by atoms with Crippen molar-refractivity contribution >= 4 is 33.6 Å². The van der Waals surface area contributed by atoms with Gasteiger partial charge in [-0.3, -0.25) is 14.9 Å². The van der Waals surface area contributed by atoms with Gasteiger partial charge < -0.3 is 9.64 Å². The Morgan fingerprint density at radius 1 is 1.08 bits per heavy atom. The van der Waals surface area contributed by atoms with Crippen molar-refractivity contribution in [3.63, 3.8) is 0 Å². The van der Waals surface area contributed by atoms with Crippen LogP contribution < -0.4 is 4.74 Å². The van der Waals surface area contributed by atoms with Crippen LogP contribution in [-0.4, -0.2) is 40.9 Å². The summed E-state index contributed by atoms with van der Waals surface area (Å²) in [6.07, 6.45) is 4.02. The van der Waals surface area contributed by atoms with E-state index in [1.54, 1.807) is 16.2 Å². The molecule has 0 N–H and O–H groups in total. The number of benzene rings is 1. The lowest BCUT2D eigenvalue weighted by Crippen LogP contribution is -2.37. The first-order chi connectivity index (χ1) is 17.5. The Balaban J connectivity index is 1.30. The molecule has 0 saturated carbocycles. The minimum atomic E-state index is -0.503. The average molecular weight is 540 g/mol. The van der Waals surface area contributed by atoms with E-state index < -0.39 is 4.92 Å². The number of likely N-dealkylation sites (tertiary alicyclic amines) is 1. The summed E-state index contributed by atoms with van der Waals surface area (Å²) < 4.78 is 5.20. The normalized spacial score (nSPS) is 18.9. The van der Waals surface area contributed by atoms with Gasteiger partial charge in [0.15, 0.2) is 0 Å². The van der Waals surface area contributed by atoms with Gasteiger partial charge in [0.25, 0.3) is 5.91 Å². The van der Waals surface area contributed by atoms with Crippen LogP contribution in [-0.2, 0) is 10.8 Å². The second-order valence-corrected chi connectivity index (χ2v) is 13.2. The van der Waals surface area contributed by atoms with Crippen molar-refractivity contribution in [1.29, 1.82) is 0 Å². The highest BCUT2D eigenvalue weighted by Gasteiger charge is 2.37. The highest BCUT2D eigenvalue weighted by atomic mass is 32.1. The molecule has 0 radical (unpaired) electrons.